The third kappa shape index (κ3) is 2.97. The van der Waals surface area contributed by atoms with Crippen molar-refractivity contribution in [1.29, 1.82) is 0 Å². The maximum Gasteiger partial charge on any atom is 0.165 e. The van der Waals surface area contributed by atoms with Crippen LogP contribution in [-0.2, 0) is 9.47 Å². The number of aliphatic hydroxyl groups is 5. The molecule has 8 nitrogen and oxygen atoms in total. The predicted molar refractivity (Wildman–Crippen MR) is 66.7 cm³/mol. The molecule has 0 spiro atoms. The molecule has 2 aliphatic heterocycles. The molecule has 118 valence electrons. The molecule has 0 aliphatic carbocycles. The van der Waals surface area contributed by atoms with Gasteiger partial charge >= 0.3 is 0 Å². The number of methoxy groups -OCH3 is 1. The molecule has 0 saturated carbocycles. The van der Waals surface area contributed by atoms with Gasteiger partial charge in [-0.3, -0.25) is 0 Å². The van der Waals surface area contributed by atoms with Crippen LogP contribution in [0.5, 0.6) is 0 Å². The Morgan fingerprint density at radius 3 is 2.50 bits per heavy atom. The summed E-state index contributed by atoms with van der Waals surface area (Å²) in [6, 6.07) is -0.413. The molecule has 2 aliphatic rings. The molecule has 0 aromatic carbocycles. The van der Waals surface area contributed by atoms with Crippen molar-refractivity contribution < 1.29 is 35.0 Å². The van der Waals surface area contributed by atoms with E-state index in [2.05, 4.69) is 5.32 Å². The van der Waals surface area contributed by atoms with Gasteiger partial charge < -0.3 is 40.3 Å². The normalized spacial score (nSPS) is 47.4. The van der Waals surface area contributed by atoms with E-state index in [0.29, 0.717) is 13.0 Å². The quantitative estimate of drug-likeness (QED) is 0.319. The van der Waals surface area contributed by atoms with Crippen molar-refractivity contribution in [1.82, 2.24) is 5.32 Å². The second kappa shape index (κ2) is 6.63. The molecule has 2 fully saturated rings. The molecule has 2 rings (SSSR count). The molecule has 0 bridgehead atoms. The molecule has 2 heterocycles. The average molecular weight is 293 g/mol. The highest BCUT2D eigenvalue weighted by molar-refractivity contribution is 4.98. The molecule has 8 atom stereocenters. The molecule has 0 aromatic rings. The zero-order valence-electron chi connectivity index (χ0n) is 11.3. The first-order valence-electron chi connectivity index (χ1n) is 6.74. The van der Waals surface area contributed by atoms with E-state index in [9.17, 15) is 20.4 Å². The maximum absolute atomic E-state index is 10.4. The third-order valence-electron chi connectivity index (χ3n) is 4.11. The first kappa shape index (κ1) is 16.1. The lowest BCUT2D eigenvalue weighted by molar-refractivity contribution is -0.294. The van der Waals surface area contributed by atoms with Crippen LogP contribution in [0.1, 0.15) is 6.42 Å². The SMILES string of the molecule is CO[C@H]1OC(CO)[C@@H](O)C(O)C1C(O)[C@@H]1C[C@H](O)CN1. The number of rotatable bonds is 4. The van der Waals surface area contributed by atoms with Gasteiger partial charge in [-0.15, -0.1) is 0 Å². The molecule has 0 aromatic heterocycles. The van der Waals surface area contributed by atoms with Crippen LogP contribution in [0, 0.1) is 5.92 Å². The summed E-state index contributed by atoms with van der Waals surface area (Å²) in [5.41, 5.74) is 0. The Balaban J connectivity index is 2.11. The van der Waals surface area contributed by atoms with Gasteiger partial charge in [0.25, 0.3) is 0 Å². The van der Waals surface area contributed by atoms with Crippen molar-refractivity contribution in [3.63, 3.8) is 0 Å². The molecule has 4 unspecified atom stereocenters. The number of hydrogen-bond acceptors (Lipinski definition) is 8. The molecule has 20 heavy (non-hydrogen) atoms. The minimum Gasteiger partial charge on any atom is -0.394 e. The van der Waals surface area contributed by atoms with Gasteiger partial charge in [-0.05, 0) is 6.42 Å². The Morgan fingerprint density at radius 1 is 1.30 bits per heavy atom. The van der Waals surface area contributed by atoms with Crippen LogP contribution >= 0.6 is 0 Å². The standard InChI is InChI=1S/C12H23NO7/c1-19-12-8(9(16)6-2-5(15)3-13-6)11(18)10(17)7(4-14)20-12/h5-18H,2-4H2,1H3/t5-,6-,7?,8?,9?,10+,11?,12-/m0/s1. The second-order valence-corrected chi connectivity index (χ2v) is 5.41. The van der Waals surface area contributed by atoms with Crippen molar-refractivity contribution in [3.05, 3.63) is 0 Å². The van der Waals surface area contributed by atoms with E-state index >= 15 is 0 Å². The Bertz CT molecular complexity index is 316. The molecule has 0 radical (unpaired) electrons. The fraction of sp³-hybridized carbons (Fsp3) is 1.00. The zero-order valence-corrected chi connectivity index (χ0v) is 11.3. The highest BCUT2D eigenvalue weighted by Crippen LogP contribution is 2.31. The maximum atomic E-state index is 10.4. The van der Waals surface area contributed by atoms with Crippen molar-refractivity contribution in [2.75, 3.05) is 20.3 Å². The van der Waals surface area contributed by atoms with Crippen molar-refractivity contribution >= 4 is 0 Å². The van der Waals surface area contributed by atoms with Gasteiger partial charge in [0.2, 0.25) is 0 Å². The van der Waals surface area contributed by atoms with E-state index < -0.39 is 55.4 Å². The minimum absolute atomic E-state index is 0.348. The third-order valence-corrected chi connectivity index (χ3v) is 4.11. The lowest BCUT2D eigenvalue weighted by Gasteiger charge is -2.44. The number of nitrogens with one attached hydrogen (secondary N) is 1. The lowest BCUT2D eigenvalue weighted by atomic mass is 9.83. The summed E-state index contributed by atoms with van der Waals surface area (Å²) in [5, 5.41) is 52.0. The van der Waals surface area contributed by atoms with Crippen LogP contribution in [0.25, 0.3) is 0 Å². The Hall–Kier alpha value is -0.320. The van der Waals surface area contributed by atoms with E-state index in [1.165, 1.54) is 7.11 Å². The Morgan fingerprint density at radius 2 is 2.00 bits per heavy atom. The summed E-state index contributed by atoms with van der Waals surface area (Å²) in [6.45, 7) is -0.0911. The van der Waals surface area contributed by atoms with Gasteiger partial charge in [0, 0.05) is 19.7 Å². The van der Waals surface area contributed by atoms with Crippen LogP contribution < -0.4 is 5.32 Å². The van der Waals surface area contributed by atoms with Crippen LogP contribution in [0.15, 0.2) is 0 Å². The van der Waals surface area contributed by atoms with E-state index in [1.54, 1.807) is 0 Å². The van der Waals surface area contributed by atoms with E-state index in [4.69, 9.17) is 14.6 Å². The molecular formula is C12H23NO7. The van der Waals surface area contributed by atoms with Crippen LogP contribution in [0.3, 0.4) is 0 Å². The van der Waals surface area contributed by atoms with Crippen LogP contribution in [-0.4, -0.2) is 88.6 Å². The summed E-state index contributed by atoms with van der Waals surface area (Å²) in [5.74, 6) is -0.874. The fourth-order valence-corrected chi connectivity index (χ4v) is 2.95. The van der Waals surface area contributed by atoms with Crippen molar-refractivity contribution in [2.24, 2.45) is 5.92 Å². The minimum atomic E-state index is -1.31. The summed E-state index contributed by atoms with van der Waals surface area (Å²) < 4.78 is 10.5. The van der Waals surface area contributed by atoms with Gasteiger partial charge in [0.1, 0.15) is 12.2 Å². The van der Waals surface area contributed by atoms with Crippen LogP contribution in [0.4, 0.5) is 0 Å². The first-order valence-corrected chi connectivity index (χ1v) is 6.74. The van der Waals surface area contributed by atoms with E-state index in [1.807, 2.05) is 0 Å². The smallest absolute Gasteiger partial charge is 0.165 e. The largest absolute Gasteiger partial charge is 0.394 e. The van der Waals surface area contributed by atoms with Crippen molar-refractivity contribution in [2.45, 2.75) is 49.3 Å². The first-order chi connectivity index (χ1) is 9.49. The van der Waals surface area contributed by atoms with Crippen LogP contribution in [0.2, 0.25) is 0 Å². The van der Waals surface area contributed by atoms with E-state index in [0.717, 1.165) is 0 Å². The number of hydrogen-bond donors (Lipinski definition) is 6. The average Bonchev–Trinajstić information content (AvgIpc) is 2.87. The van der Waals surface area contributed by atoms with Gasteiger partial charge in [-0.2, -0.15) is 0 Å². The van der Waals surface area contributed by atoms with Gasteiger partial charge in [0.05, 0.1) is 30.8 Å². The van der Waals surface area contributed by atoms with Gasteiger partial charge in [0.15, 0.2) is 6.29 Å². The number of ether oxygens (including phenoxy) is 2. The topological polar surface area (TPSA) is 132 Å². The highest BCUT2D eigenvalue weighted by Gasteiger charge is 2.50. The van der Waals surface area contributed by atoms with E-state index in [-0.39, 0.29) is 0 Å². The summed E-state index contributed by atoms with van der Waals surface area (Å²) in [7, 11) is 1.36. The molecule has 0 amide bonds. The van der Waals surface area contributed by atoms with Crippen molar-refractivity contribution in [3.8, 4) is 0 Å². The summed E-state index contributed by atoms with van der Waals surface area (Å²) in [6.07, 6.45) is -5.76. The molecule has 8 heteroatoms. The Labute approximate surface area is 116 Å². The number of aliphatic hydroxyl groups excluding tert-OH is 5. The van der Waals surface area contributed by atoms with Gasteiger partial charge in [-0.25, -0.2) is 0 Å². The summed E-state index contributed by atoms with van der Waals surface area (Å²) in [4.78, 5) is 0. The second-order valence-electron chi connectivity index (χ2n) is 5.41. The molecule has 6 N–H and O–H groups in total. The fourth-order valence-electron chi connectivity index (χ4n) is 2.95. The number of β-amino-alcohol motifs (C(OH)–C–C–N with tert-alkyl or cyclic N) is 1. The molecule has 2 saturated heterocycles. The highest BCUT2D eigenvalue weighted by atomic mass is 16.7. The monoisotopic (exact) mass is 293 g/mol. The lowest BCUT2D eigenvalue weighted by Crippen LogP contribution is -2.61. The molecular weight excluding hydrogens is 270 g/mol. The summed E-state index contributed by atoms with van der Waals surface area (Å²) >= 11 is 0. The zero-order chi connectivity index (χ0) is 14.9. The predicted octanol–water partition coefficient (Wildman–Crippen LogP) is -3.23. The Kier molecular flexibility index (Phi) is 5.32. The van der Waals surface area contributed by atoms with Gasteiger partial charge in [-0.1, -0.05) is 0 Å².